The van der Waals surface area contributed by atoms with Gasteiger partial charge in [-0.05, 0) is 60.5 Å². The molecule has 0 aliphatic carbocycles. The zero-order valence-electron chi connectivity index (χ0n) is 19.0. The first-order chi connectivity index (χ1) is 16.9. The molecule has 0 aliphatic heterocycles. The highest BCUT2D eigenvalue weighted by atomic mass is 35.5. The number of halogens is 2. The molecule has 0 fully saturated rings. The Morgan fingerprint density at radius 3 is 2.46 bits per heavy atom. The zero-order valence-corrected chi connectivity index (χ0v) is 20.5. The predicted octanol–water partition coefficient (Wildman–Crippen LogP) is 5.07. The van der Waals surface area contributed by atoms with Crippen molar-refractivity contribution in [1.29, 1.82) is 0 Å². The predicted molar refractivity (Wildman–Crippen MR) is 136 cm³/mol. The van der Waals surface area contributed by atoms with E-state index in [0.29, 0.717) is 45.2 Å². The second-order valence-electron chi connectivity index (χ2n) is 7.03. The number of benzene rings is 3. The first kappa shape index (κ1) is 25.9. The lowest BCUT2D eigenvalue weighted by Crippen LogP contribution is -2.32. The van der Waals surface area contributed by atoms with Gasteiger partial charge in [0.1, 0.15) is 12.4 Å². The molecular formula is C25H23Cl2N3O5. The summed E-state index contributed by atoms with van der Waals surface area (Å²) in [5, 5.41) is 7.24. The van der Waals surface area contributed by atoms with Crippen molar-refractivity contribution in [2.75, 3.05) is 19.0 Å². The average molecular weight is 516 g/mol. The van der Waals surface area contributed by atoms with Gasteiger partial charge in [-0.15, -0.1) is 0 Å². The molecule has 0 saturated carbocycles. The summed E-state index contributed by atoms with van der Waals surface area (Å²) in [6.45, 7) is 2.54. The third kappa shape index (κ3) is 7.37. The highest BCUT2D eigenvalue weighted by molar-refractivity contribution is 6.42. The average Bonchev–Trinajstić information content (AvgIpc) is 2.86. The normalized spacial score (nSPS) is 10.6. The Hall–Kier alpha value is -3.75. The summed E-state index contributed by atoms with van der Waals surface area (Å²) >= 11 is 12.0. The van der Waals surface area contributed by atoms with Gasteiger partial charge in [0.2, 0.25) is 0 Å². The van der Waals surface area contributed by atoms with Crippen molar-refractivity contribution in [3.8, 4) is 17.2 Å². The van der Waals surface area contributed by atoms with Crippen LogP contribution in [0.15, 0.2) is 65.8 Å². The highest BCUT2D eigenvalue weighted by Gasteiger charge is 2.15. The van der Waals surface area contributed by atoms with Crippen LogP contribution in [0.4, 0.5) is 5.69 Å². The molecule has 2 amide bonds. The van der Waals surface area contributed by atoms with Crippen LogP contribution < -0.4 is 25.0 Å². The lowest BCUT2D eigenvalue weighted by molar-refractivity contribution is -0.136. The van der Waals surface area contributed by atoms with E-state index in [-0.39, 0.29) is 6.61 Å². The van der Waals surface area contributed by atoms with Crippen molar-refractivity contribution in [1.82, 2.24) is 5.43 Å². The van der Waals surface area contributed by atoms with Gasteiger partial charge < -0.3 is 19.5 Å². The van der Waals surface area contributed by atoms with Crippen LogP contribution in [-0.4, -0.2) is 31.7 Å². The number of hydrogen-bond donors (Lipinski definition) is 2. The fourth-order valence-corrected chi connectivity index (χ4v) is 3.25. The Kier molecular flexibility index (Phi) is 9.34. The molecule has 3 rings (SSSR count). The highest BCUT2D eigenvalue weighted by Crippen LogP contribution is 2.30. The molecule has 0 aliphatic rings. The van der Waals surface area contributed by atoms with E-state index in [9.17, 15) is 9.59 Å². The molecule has 0 heterocycles. The number of rotatable bonds is 9. The molecule has 8 nitrogen and oxygen atoms in total. The van der Waals surface area contributed by atoms with Gasteiger partial charge in [0.15, 0.2) is 11.5 Å². The van der Waals surface area contributed by atoms with Gasteiger partial charge in [-0.1, -0.05) is 41.4 Å². The molecule has 3 aromatic rings. The van der Waals surface area contributed by atoms with Gasteiger partial charge in [0, 0.05) is 0 Å². The van der Waals surface area contributed by atoms with Crippen LogP contribution in [0.2, 0.25) is 10.0 Å². The number of para-hydroxylation sites is 2. The second-order valence-corrected chi connectivity index (χ2v) is 7.84. The Labute approximate surface area is 212 Å². The van der Waals surface area contributed by atoms with Gasteiger partial charge in [-0.2, -0.15) is 5.10 Å². The number of nitrogens with one attached hydrogen (secondary N) is 2. The summed E-state index contributed by atoms with van der Waals surface area (Å²) in [5.41, 5.74) is 4.04. The Morgan fingerprint density at radius 2 is 1.71 bits per heavy atom. The summed E-state index contributed by atoms with van der Waals surface area (Å²) in [6, 6.07) is 17.2. The minimum atomic E-state index is -0.932. The molecule has 3 aromatic carbocycles. The van der Waals surface area contributed by atoms with E-state index < -0.39 is 11.8 Å². The molecule has 0 unspecified atom stereocenters. The molecule has 0 atom stereocenters. The lowest BCUT2D eigenvalue weighted by atomic mass is 10.2. The number of anilines is 1. The SMILES string of the molecule is CCOc1cc(/C=N\NC(=O)C(=O)Nc2ccccc2OC)ccc1OCc1ccc(Cl)c(Cl)c1. The van der Waals surface area contributed by atoms with Gasteiger partial charge in [-0.25, -0.2) is 5.43 Å². The van der Waals surface area contributed by atoms with Gasteiger partial charge in [0.25, 0.3) is 0 Å². The summed E-state index contributed by atoms with van der Waals surface area (Å²) in [7, 11) is 1.47. The molecule has 182 valence electrons. The molecule has 0 saturated heterocycles. The topological polar surface area (TPSA) is 98.2 Å². The van der Waals surface area contributed by atoms with Crippen molar-refractivity contribution < 1.29 is 23.8 Å². The van der Waals surface area contributed by atoms with Crippen LogP contribution in [0.3, 0.4) is 0 Å². The maximum atomic E-state index is 12.1. The summed E-state index contributed by atoms with van der Waals surface area (Å²) in [5.74, 6) is -0.361. The number of carbonyl (C=O) groups is 2. The Balaban J connectivity index is 1.61. The quantitative estimate of drug-likeness (QED) is 0.235. The zero-order chi connectivity index (χ0) is 25.2. The van der Waals surface area contributed by atoms with Gasteiger partial charge in [-0.3, -0.25) is 9.59 Å². The second kappa shape index (κ2) is 12.6. The van der Waals surface area contributed by atoms with E-state index in [0.717, 1.165) is 5.56 Å². The minimum Gasteiger partial charge on any atom is -0.495 e. The number of carbonyl (C=O) groups excluding carboxylic acids is 2. The van der Waals surface area contributed by atoms with E-state index in [1.807, 2.05) is 13.0 Å². The standard InChI is InChI=1S/C25H23Cl2N3O5/c1-3-34-23-13-16(9-11-22(23)35-15-17-8-10-18(26)19(27)12-17)14-28-30-25(32)24(31)29-20-6-4-5-7-21(20)33-2/h4-14H,3,15H2,1-2H3,(H,29,31)(H,30,32)/b28-14-. The smallest absolute Gasteiger partial charge is 0.329 e. The molecule has 35 heavy (non-hydrogen) atoms. The molecule has 0 bridgehead atoms. The van der Waals surface area contributed by atoms with Crippen LogP contribution in [0, 0.1) is 0 Å². The molecule has 10 heteroatoms. The number of ether oxygens (including phenoxy) is 3. The molecule has 0 spiro atoms. The number of methoxy groups -OCH3 is 1. The van der Waals surface area contributed by atoms with E-state index in [1.165, 1.54) is 13.3 Å². The number of amides is 2. The van der Waals surface area contributed by atoms with Crippen molar-refractivity contribution in [2.45, 2.75) is 13.5 Å². The first-order valence-electron chi connectivity index (χ1n) is 10.5. The molecule has 0 radical (unpaired) electrons. The molecule has 0 aromatic heterocycles. The number of hydrazone groups is 1. The van der Waals surface area contributed by atoms with Crippen LogP contribution in [0.5, 0.6) is 17.2 Å². The third-order valence-electron chi connectivity index (χ3n) is 4.59. The summed E-state index contributed by atoms with van der Waals surface area (Å²) in [6.07, 6.45) is 1.39. The first-order valence-corrected chi connectivity index (χ1v) is 11.3. The van der Waals surface area contributed by atoms with E-state index in [1.54, 1.807) is 54.6 Å². The number of nitrogens with zero attached hydrogens (tertiary/aromatic N) is 1. The van der Waals surface area contributed by atoms with E-state index in [2.05, 4.69) is 15.8 Å². The largest absolute Gasteiger partial charge is 0.495 e. The Morgan fingerprint density at radius 1 is 0.914 bits per heavy atom. The molecular weight excluding hydrogens is 493 g/mol. The van der Waals surface area contributed by atoms with Crippen molar-refractivity contribution in [2.24, 2.45) is 5.10 Å². The van der Waals surface area contributed by atoms with Crippen molar-refractivity contribution in [3.05, 3.63) is 81.8 Å². The fraction of sp³-hybridized carbons (Fsp3) is 0.160. The van der Waals surface area contributed by atoms with Crippen LogP contribution in [-0.2, 0) is 16.2 Å². The summed E-state index contributed by atoms with van der Waals surface area (Å²) in [4.78, 5) is 24.2. The Bertz CT molecular complexity index is 1230. The monoisotopic (exact) mass is 515 g/mol. The van der Waals surface area contributed by atoms with Crippen molar-refractivity contribution in [3.63, 3.8) is 0 Å². The van der Waals surface area contributed by atoms with Crippen LogP contribution in [0.25, 0.3) is 0 Å². The van der Waals surface area contributed by atoms with E-state index >= 15 is 0 Å². The fourth-order valence-electron chi connectivity index (χ4n) is 2.93. The maximum absolute atomic E-state index is 12.1. The van der Waals surface area contributed by atoms with Crippen LogP contribution in [0.1, 0.15) is 18.1 Å². The maximum Gasteiger partial charge on any atom is 0.329 e. The third-order valence-corrected chi connectivity index (χ3v) is 5.33. The van der Waals surface area contributed by atoms with Gasteiger partial charge in [0.05, 0.1) is 35.7 Å². The number of hydrogen-bond acceptors (Lipinski definition) is 6. The summed E-state index contributed by atoms with van der Waals surface area (Å²) < 4.78 is 16.7. The van der Waals surface area contributed by atoms with Crippen molar-refractivity contribution >= 4 is 46.9 Å². The van der Waals surface area contributed by atoms with E-state index in [4.69, 9.17) is 37.4 Å². The van der Waals surface area contributed by atoms with Gasteiger partial charge >= 0.3 is 11.8 Å². The van der Waals surface area contributed by atoms with Crippen LogP contribution >= 0.6 is 23.2 Å². The molecule has 2 N–H and O–H groups in total. The minimum absolute atomic E-state index is 0.266. The lowest BCUT2D eigenvalue weighted by Gasteiger charge is -2.13.